The van der Waals surface area contributed by atoms with E-state index in [-0.39, 0.29) is 0 Å². The molecule has 0 amide bonds. The fraction of sp³-hybridized carbons (Fsp3) is 0.438. The summed E-state index contributed by atoms with van der Waals surface area (Å²) < 4.78 is 0. The van der Waals surface area contributed by atoms with Crippen LogP contribution in [0.15, 0.2) is 18.2 Å². The van der Waals surface area contributed by atoms with Crippen LogP contribution in [0.25, 0.3) is 11.3 Å². The Labute approximate surface area is 130 Å². The number of anilines is 1. The summed E-state index contributed by atoms with van der Waals surface area (Å²) in [6.07, 6.45) is 0.995. The average Bonchev–Trinajstić information content (AvgIpc) is 2.81. The van der Waals surface area contributed by atoms with Gasteiger partial charge in [0.05, 0.1) is 15.7 Å². The SMILES string of the molecule is CCc1sc(C)nc1-c1ccc(N(CC)CC)cc1Cl. The van der Waals surface area contributed by atoms with E-state index in [9.17, 15) is 0 Å². The van der Waals surface area contributed by atoms with Gasteiger partial charge in [-0.05, 0) is 45.4 Å². The number of hydrogen-bond acceptors (Lipinski definition) is 3. The monoisotopic (exact) mass is 308 g/mol. The molecule has 1 aromatic carbocycles. The highest BCUT2D eigenvalue weighted by Crippen LogP contribution is 2.35. The Hall–Kier alpha value is -1.06. The zero-order valence-corrected chi connectivity index (χ0v) is 14.1. The Kier molecular flexibility index (Phi) is 5.06. The van der Waals surface area contributed by atoms with Crippen LogP contribution < -0.4 is 4.90 Å². The van der Waals surface area contributed by atoms with Crippen molar-refractivity contribution in [3.8, 4) is 11.3 Å². The maximum Gasteiger partial charge on any atom is 0.0904 e. The lowest BCUT2D eigenvalue weighted by atomic mass is 10.1. The highest BCUT2D eigenvalue weighted by Gasteiger charge is 2.14. The first-order chi connectivity index (χ1) is 9.60. The number of rotatable bonds is 5. The Morgan fingerprint density at radius 1 is 1.20 bits per heavy atom. The minimum Gasteiger partial charge on any atom is -0.372 e. The summed E-state index contributed by atoms with van der Waals surface area (Å²) in [7, 11) is 0. The van der Waals surface area contributed by atoms with Crippen LogP contribution >= 0.6 is 22.9 Å². The molecule has 0 radical (unpaired) electrons. The molecule has 0 saturated heterocycles. The van der Waals surface area contributed by atoms with Crippen LogP contribution in [-0.2, 0) is 6.42 Å². The van der Waals surface area contributed by atoms with Crippen molar-refractivity contribution in [2.75, 3.05) is 18.0 Å². The third-order valence-corrected chi connectivity index (χ3v) is 4.89. The number of halogens is 1. The fourth-order valence-corrected chi connectivity index (χ4v) is 3.56. The van der Waals surface area contributed by atoms with Gasteiger partial charge in [-0.1, -0.05) is 18.5 Å². The van der Waals surface area contributed by atoms with Crippen molar-refractivity contribution in [2.45, 2.75) is 34.1 Å². The van der Waals surface area contributed by atoms with Crippen molar-refractivity contribution in [2.24, 2.45) is 0 Å². The van der Waals surface area contributed by atoms with Crippen LogP contribution in [0.2, 0.25) is 5.02 Å². The minimum absolute atomic E-state index is 0.786. The molecule has 0 saturated carbocycles. The third kappa shape index (κ3) is 2.99. The molecule has 4 heteroatoms. The summed E-state index contributed by atoms with van der Waals surface area (Å²) in [5, 5.41) is 1.88. The van der Waals surface area contributed by atoms with Gasteiger partial charge in [-0.2, -0.15) is 0 Å². The molecule has 2 rings (SSSR count). The standard InChI is InChI=1S/C16H21ClN2S/c1-5-15-16(18-11(4)20-15)13-9-8-12(10-14(13)17)19(6-2)7-3/h8-10H,5-7H2,1-4H3. The molecular formula is C16H21ClN2S. The largest absolute Gasteiger partial charge is 0.372 e. The molecule has 2 nitrogen and oxygen atoms in total. The molecule has 0 fully saturated rings. The molecule has 0 aliphatic rings. The van der Waals surface area contributed by atoms with E-state index in [0.717, 1.165) is 40.8 Å². The summed E-state index contributed by atoms with van der Waals surface area (Å²) in [6, 6.07) is 6.30. The fourth-order valence-electron chi connectivity index (χ4n) is 2.40. The van der Waals surface area contributed by atoms with Crippen LogP contribution in [0, 0.1) is 6.92 Å². The van der Waals surface area contributed by atoms with Crippen molar-refractivity contribution in [3.05, 3.63) is 33.1 Å². The zero-order chi connectivity index (χ0) is 14.7. The Balaban J connectivity index is 2.43. The second-order valence-corrected chi connectivity index (χ2v) is 6.39. The Morgan fingerprint density at radius 2 is 1.90 bits per heavy atom. The summed E-state index contributed by atoms with van der Waals surface area (Å²) in [4.78, 5) is 8.25. The second-order valence-electron chi connectivity index (χ2n) is 4.69. The second kappa shape index (κ2) is 6.59. The van der Waals surface area contributed by atoms with Crippen LogP contribution in [0.4, 0.5) is 5.69 Å². The van der Waals surface area contributed by atoms with Gasteiger partial charge in [0, 0.05) is 29.2 Å². The van der Waals surface area contributed by atoms with Gasteiger partial charge in [-0.25, -0.2) is 4.98 Å². The van der Waals surface area contributed by atoms with E-state index in [1.807, 2.05) is 6.92 Å². The van der Waals surface area contributed by atoms with Crippen LogP contribution in [0.1, 0.15) is 30.7 Å². The quantitative estimate of drug-likeness (QED) is 0.756. The van der Waals surface area contributed by atoms with Gasteiger partial charge in [-0.15, -0.1) is 11.3 Å². The van der Waals surface area contributed by atoms with Gasteiger partial charge in [0.15, 0.2) is 0 Å². The van der Waals surface area contributed by atoms with Gasteiger partial charge in [-0.3, -0.25) is 0 Å². The molecule has 1 aromatic heterocycles. The van der Waals surface area contributed by atoms with Gasteiger partial charge < -0.3 is 4.90 Å². The lowest BCUT2D eigenvalue weighted by Crippen LogP contribution is -2.21. The van der Waals surface area contributed by atoms with Crippen LogP contribution in [0.3, 0.4) is 0 Å². The van der Waals surface area contributed by atoms with Crippen molar-refractivity contribution in [3.63, 3.8) is 0 Å². The lowest BCUT2D eigenvalue weighted by Gasteiger charge is -2.21. The number of nitrogens with zero attached hydrogens (tertiary/aromatic N) is 2. The van der Waals surface area contributed by atoms with Crippen molar-refractivity contribution in [1.82, 2.24) is 4.98 Å². The predicted molar refractivity (Wildman–Crippen MR) is 90.2 cm³/mol. The normalized spacial score (nSPS) is 10.8. The molecule has 0 atom stereocenters. The van der Waals surface area contributed by atoms with Crippen LogP contribution in [0.5, 0.6) is 0 Å². The first-order valence-corrected chi connectivity index (χ1v) is 8.31. The number of hydrogen-bond donors (Lipinski definition) is 0. The Morgan fingerprint density at radius 3 is 2.45 bits per heavy atom. The highest BCUT2D eigenvalue weighted by molar-refractivity contribution is 7.12. The third-order valence-electron chi connectivity index (χ3n) is 3.46. The number of benzene rings is 1. The maximum absolute atomic E-state index is 6.50. The van der Waals surface area contributed by atoms with Crippen molar-refractivity contribution in [1.29, 1.82) is 0 Å². The number of aryl methyl sites for hydroxylation is 2. The van der Waals surface area contributed by atoms with Gasteiger partial charge in [0.1, 0.15) is 0 Å². The minimum atomic E-state index is 0.786. The van der Waals surface area contributed by atoms with Crippen LogP contribution in [-0.4, -0.2) is 18.1 Å². The highest BCUT2D eigenvalue weighted by atomic mass is 35.5. The van der Waals surface area contributed by atoms with Gasteiger partial charge in [0.25, 0.3) is 0 Å². The number of thiazole rings is 1. The summed E-state index contributed by atoms with van der Waals surface area (Å²) in [5.41, 5.74) is 3.27. The van der Waals surface area contributed by atoms with E-state index in [4.69, 9.17) is 11.6 Å². The molecule has 0 aliphatic heterocycles. The molecule has 0 aliphatic carbocycles. The molecule has 2 aromatic rings. The molecule has 0 unspecified atom stereocenters. The number of aromatic nitrogens is 1. The van der Waals surface area contributed by atoms with Gasteiger partial charge >= 0.3 is 0 Å². The van der Waals surface area contributed by atoms with E-state index >= 15 is 0 Å². The van der Waals surface area contributed by atoms with Crippen molar-refractivity contribution >= 4 is 28.6 Å². The van der Waals surface area contributed by atoms with E-state index in [1.54, 1.807) is 11.3 Å². The molecular weight excluding hydrogens is 288 g/mol. The van der Waals surface area contributed by atoms with E-state index in [0.29, 0.717) is 0 Å². The summed E-state index contributed by atoms with van der Waals surface area (Å²) in [5.74, 6) is 0. The first-order valence-electron chi connectivity index (χ1n) is 7.11. The maximum atomic E-state index is 6.50. The summed E-state index contributed by atoms with van der Waals surface area (Å²) in [6.45, 7) is 10.5. The lowest BCUT2D eigenvalue weighted by molar-refractivity contribution is 0.866. The molecule has 1 heterocycles. The molecule has 0 N–H and O–H groups in total. The van der Waals surface area contributed by atoms with E-state index in [1.165, 1.54) is 10.6 Å². The predicted octanol–water partition coefficient (Wildman–Crippen LogP) is 5.18. The Bertz CT molecular complexity index is 588. The zero-order valence-electron chi connectivity index (χ0n) is 12.5. The molecule has 0 bridgehead atoms. The molecule has 108 valence electrons. The van der Waals surface area contributed by atoms with E-state index in [2.05, 4.69) is 48.9 Å². The topological polar surface area (TPSA) is 16.1 Å². The molecule has 0 spiro atoms. The molecule has 20 heavy (non-hydrogen) atoms. The summed E-state index contributed by atoms with van der Waals surface area (Å²) >= 11 is 8.26. The first kappa shape index (κ1) is 15.3. The van der Waals surface area contributed by atoms with Gasteiger partial charge in [0.2, 0.25) is 0 Å². The average molecular weight is 309 g/mol. The van der Waals surface area contributed by atoms with E-state index < -0.39 is 0 Å². The van der Waals surface area contributed by atoms with Crippen molar-refractivity contribution < 1.29 is 0 Å². The smallest absolute Gasteiger partial charge is 0.0904 e.